The minimum absolute atomic E-state index is 0.339. The predicted molar refractivity (Wildman–Crippen MR) is 153 cm³/mol. The van der Waals surface area contributed by atoms with Gasteiger partial charge in [-0.15, -0.1) is 0 Å². The number of aromatic nitrogens is 7. The summed E-state index contributed by atoms with van der Waals surface area (Å²) >= 11 is 3.34. The average Bonchev–Trinajstić information content (AvgIpc) is 3.51. The molecule has 40 heavy (non-hydrogen) atoms. The van der Waals surface area contributed by atoms with Gasteiger partial charge >= 0.3 is 0 Å². The lowest BCUT2D eigenvalue weighted by atomic mass is 10.0. The van der Waals surface area contributed by atoms with Crippen molar-refractivity contribution in [1.29, 1.82) is 0 Å². The summed E-state index contributed by atoms with van der Waals surface area (Å²) in [5.41, 5.74) is 1.33. The fraction of sp³-hybridized carbons (Fsp3) is 0.207. The van der Waals surface area contributed by atoms with Crippen LogP contribution in [-0.4, -0.2) is 43.9 Å². The highest BCUT2D eigenvalue weighted by atomic mass is 79.9. The van der Waals surface area contributed by atoms with Crippen LogP contribution in [-0.2, 0) is 11.2 Å². The molecule has 2 N–H and O–H groups in total. The Hall–Kier alpha value is -4.06. The Morgan fingerprint density at radius 3 is 1.98 bits per heavy atom. The third-order valence-corrected chi connectivity index (χ3v) is 6.80. The second kappa shape index (κ2) is 10.5. The third-order valence-electron chi connectivity index (χ3n) is 6.21. The summed E-state index contributed by atoms with van der Waals surface area (Å²) in [6.07, 6.45) is 10.1. The molecule has 0 aliphatic rings. The molecule has 0 amide bonds. The SMILES string of the molecule is CC(C)(O)c1ccn2c(-c3cccc(-c4cccnc4)c3F)cnc2n1.CC(C)(O)c1ccn2c(Br)cnc2n1. The van der Waals surface area contributed by atoms with Crippen molar-refractivity contribution < 1.29 is 14.6 Å². The van der Waals surface area contributed by atoms with Crippen LogP contribution in [0.4, 0.5) is 4.39 Å². The van der Waals surface area contributed by atoms with E-state index in [1.165, 1.54) is 0 Å². The van der Waals surface area contributed by atoms with E-state index < -0.39 is 11.2 Å². The van der Waals surface area contributed by atoms with Crippen LogP contribution in [0.5, 0.6) is 0 Å². The van der Waals surface area contributed by atoms with Crippen LogP contribution >= 0.6 is 15.9 Å². The number of benzene rings is 1. The number of hydrogen-bond acceptors (Lipinski definition) is 7. The third kappa shape index (κ3) is 5.48. The number of hydrogen-bond donors (Lipinski definition) is 2. The fourth-order valence-corrected chi connectivity index (χ4v) is 4.45. The number of halogens is 2. The zero-order chi connectivity index (χ0) is 28.7. The van der Waals surface area contributed by atoms with Crippen LogP contribution in [0.3, 0.4) is 0 Å². The molecule has 0 aliphatic heterocycles. The van der Waals surface area contributed by atoms with Crippen molar-refractivity contribution in [3.05, 3.63) is 101 Å². The lowest BCUT2D eigenvalue weighted by Crippen LogP contribution is -2.18. The van der Waals surface area contributed by atoms with Crippen molar-refractivity contribution in [3.8, 4) is 22.4 Å². The molecular weight excluding hydrogens is 577 g/mol. The average molecular weight is 604 g/mol. The van der Waals surface area contributed by atoms with Crippen LogP contribution in [0, 0.1) is 5.82 Å². The van der Waals surface area contributed by atoms with Gasteiger partial charge in [-0.25, -0.2) is 24.3 Å². The Bertz CT molecular complexity index is 1810. The maximum absolute atomic E-state index is 15.2. The smallest absolute Gasteiger partial charge is 0.234 e. The molecule has 1 aromatic carbocycles. The van der Waals surface area contributed by atoms with Crippen LogP contribution in [0.15, 0.2) is 84.2 Å². The van der Waals surface area contributed by atoms with Crippen molar-refractivity contribution in [2.45, 2.75) is 38.9 Å². The fourth-order valence-electron chi connectivity index (χ4n) is 4.07. The van der Waals surface area contributed by atoms with Gasteiger partial charge in [-0.3, -0.25) is 13.8 Å². The summed E-state index contributed by atoms with van der Waals surface area (Å²) in [5.74, 6) is 0.649. The minimum Gasteiger partial charge on any atom is -0.384 e. The van der Waals surface area contributed by atoms with E-state index in [-0.39, 0.29) is 5.82 Å². The van der Waals surface area contributed by atoms with Gasteiger partial charge in [-0.05, 0) is 67.9 Å². The van der Waals surface area contributed by atoms with Crippen LogP contribution in [0.1, 0.15) is 39.1 Å². The normalized spacial score (nSPS) is 12.0. The van der Waals surface area contributed by atoms with Gasteiger partial charge in [0.05, 0.1) is 29.5 Å². The van der Waals surface area contributed by atoms with Crippen molar-refractivity contribution in [2.24, 2.45) is 0 Å². The number of fused-ring (bicyclic) bond motifs is 2. The first kappa shape index (κ1) is 27.5. The van der Waals surface area contributed by atoms with E-state index in [0.29, 0.717) is 45.3 Å². The highest BCUT2D eigenvalue weighted by molar-refractivity contribution is 9.10. The van der Waals surface area contributed by atoms with E-state index in [1.807, 2.05) is 12.3 Å². The van der Waals surface area contributed by atoms with Crippen molar-refractivity contribution in [2.75, 3.05) is 0 Å². The molecule has 11 heteroatoms. The summed E-state index contributed by atoms with van der Waals surface area (Å²) < 4.78 is 19.5. The second-order valence-electron chi connectivity index (χ2n) is 10.2. The van der Waals surface area contributed by atoms with Gasteiger partial charge in [0.25, 0.3) is 0 Å². The summed E-state index contributed by atoms with van der Waals surface area (Å²) in [6, 6.07) is 12.3. The van der Waals surface area contributed by atoms with Crippen molar-refractivity contribution >= 4 is 27.5 Å². The molecule has 6 rings (SSSR count). The molecule has 0 atom stereocenters. The Balaban J connectivity index is 0.000000194. The zero-order valence-corrected chi connectivity index (χ0v) is 23.9. The molecule has 0 bridgehead atoms. The highest BCUT2D eigenvalue weighted by Gasteiger charge is 2.21. The topological polar surface area (TPSA) is 114 Å². The molecule has 0 saturated carbocycles. The molecule has 5 heterocycles. The predicted octanol–water partition coefficient (Wildman–Crippen LogP) is 5.54. The van der Waals surface area contributed by atoms with Gasteiger partial charge in [0, 0.05) is 41.5 Å². The Morgan fingerprint density at radius 1 is 0.750 bits per heavy atom. The lowest BCUT2D eigenvalue weighted by molar-refractivity contribution is 0.0734. The number of rotatable bonds is 4. The van der Waals surface area contributed by atoms with Gasteiger partial charge in [-0.1, -0.05) is 18.2 Å². The molecular formula is C29H27BrFN7O2. The van der Waals surface area contributed by atoms with E-state index in [4.69, 9.17) is 0 Å². The largest absolute Gasteiger partial charge is 0.384 e. The van der Waals surface area contributed by atoms with Gasteiger partial charge in [0.15, 0.2) is 0 Å². The number of aliphatic hydroxyl groups is 2. The quantitative estimate of drug-likeness (QED) is 0.272. The molecule has 0 aliphatic carbocycles. The summed E-state index contributed by atoms with van der Waals surface area (Å²) in [4.78, 5) is 21.0. The number of imidazole rings is 2. The summed E-state index contributed by atoms with van der Waals surface area (Å²) in [7, 11) is 0. The van der Waals surface area contributed by atoms with Gasteiger partial charge in [0.2, 0.25) is 11.6 Å². The minimum atomic E-state index is -1.07. The van der Waals surface area contributed by atoms with Gasteiger partial charge in [-0.2, -0.15) is 0 Å². The summed E-state index contributed by atoms with van der Waals surface area (Å²) in [6.45, 7) is 6.72. The molecule has 0 saturated heterocycles. The van der Waals surface area contributed by atoms with Crippen molar-refractivity contribution in [1.82, 2.24) is 33.7 Å². The van der Waals surface area contributed by atoms with Crippen LogP contribution in [0.25, 0.3) is 33.9 Å². The van der Waals surface area contributed by atoms with Crippen LogP contribution < -0.4 is 0 Å². The maximum Gasteiger partial charge on any atom is 0.234 e. The molecule has 5 aromatic heterocycles. The van der Waals surface area contributed by atoms with Gasteiger partial charge in [0.1, 0.15) is 21.6 Å². The first-order valence-corrected chi connectivity index (χ1v) is 13.2. The highest BCUT2D eigenvalue weighted by Crippen LogP contribution is 2.31. The maximum atomic E-state index is 15.2. The standard InChI is InChI=1S/C20H17FN4O.C9H10BrN3O/c1-20(2,26)17-8-10-25-16(12-23-19(25)24-17)15-7-3-6-14(18(15)21)13-5-4-9-22-11-13;1-9(2,14)6-3-4-13-7(10)5-11-8(13)12-6/h3-12,26H,1-2H3;3-5,14H,1-2H3. The molecule has 6 aromatic rings. The van der Waals surface area contributed by atoms with Gasteiger partial charge < -0.3 is 10.2 Å². The molecule has 0 fully saturated rings. The number of pyridine rings is 1. The number of nitrogens with zero attached hydrogens (tertiary/aromatic N) is 7. The Labute approximate surface area is 238 Å². The van der Waals surface area contributed by atoms with E-state index >= 15 is 4.39 Å². The zero-order valence-electron chi connectivity index (χ0n) is 22.3. The molecule has 0 spiro atoms. The summed E-state index contributed by atoms with van der Waals surface area (Å²) in [5, 5.41) is 19.9. The lowest BCUT2D eigenvalue weighted by Gasteiger charge is -2.16. The van der Waals surface area contributed by atoms with Crippen LogP contribution in [0.2, 0.25) is 0 Å². The Morgan fingerprint density at radius 2 is 1.35 bits per heavy atom. The first-order chi connectivity index (χ1) is 18.9. The Kier molecular flexibility index (Phi) is 7.21. The first-order valence-electron chi connectivity index (χ1n) is 12.4. The van der Waals surface area contributed by atoms with E-state index in [9.17, 15) is 10.2 Å². The van der Waals surface area contributed by atoms with E-state index in [2.05, 4.69) is 40.8 Å². The molecule has 204 valence electrons. The monoisotopic (exact) mass is 603 g/mol. The van der Waals surface area contributed by atoms with E-state index in [1.54, 1.807) is 104 Å². The van der Waals surface area contributed by atoms with Crippen molar-refractivity contribution in [3.63, 3.8) is 0 Å². The van der Waals surface area contributed by atoms with E-state index in [0.717, 1.165) is 4.60 Å². The molecule has 0 radical (unpaired) electrons. The molecule has 0 unspecified atom stereocenters. The molecule has 9 nitrogen and oxygen atoms in total. The second-order valence-corrected chi connectivity index (χ2v) is 11.0.